The molecule has 0 saturated heterocycles. The number of carbonyl (C=O) groups excluding carboxylic acids is 2. The number of nitrogens with one attached hydrogen (secondary N) is 2. The first-order valence-corrected chi connectivity index (χ1v) is 9.76. The Morgan fingerprint density at radius 1 is 1.08 bits per heavy atom. The lowest BCUT2D eigenvalue weighted by molar-refractivity contribution is -0.121. The average Bonchev–Trinajstić information content (AvgIpc) is 2.60. The lowest BCUT2D eigenvalue weighted by Crippen LogP contribution is -2.30. The van der Waals surface area contributed by atoms with Gasteiger partial charge in [0.15, 0.2) is 5.78 Å². The SMILES string of the molecule is CC(=O)c1ccc(S(=O)(=O)NCCC(=O)NCc2cccc(Cl)c2)cc1. The molecule has 2 rings (SSSR count). The number of rotatable bonds is 8. The van der Waals surface area contributed by atoms with Gasteiger partial charge in [0, 0.05) is 30.1 Å². The first kappa shape index (κ1) is 20.1. The molecule has 0 atom stereocenters. The predicted octanol–water partition coefficient (Wildman–Crippen LogP) is 2.53. The van der Waals surface area contributed by atoms with Crippen LogP contribution in [0.2, 0.25) is 5.02 Å². The molecule has 0 unspecified atom stereocenters. The Morgan fingerprint density at radius 3 is 2.38 bits per heavy atom. The second kappa shape index (κ2) is 8.93. The molecule has 0 radical (unpaired) electrons. The number of benzene rings is 2. The normalized spacial score (nSPS) is 11.2. The van der Waals surface area contributed by atoms with E-state index in [0.29, 0.717) is 17.1 Å². The van der Waals surface area contributed by atoms with E-state index in [0.717, 1.165) is 5.56 Å². The Labute approximate surface area is 157 Å². The van der Waals surface area contributed by atoms with Crippen LogP contribution in [0.1, 0.15) is 29.3 Å². The van der Waals surface area contributed by atoms with Gasteiger partial charge in [-0.1, -0.05) is 35.9 Å². The second-order valence-corrected chi connectivity index (χ2v) is 7.84. The molecule has 0 heterocycles. The van der Waals surface area contributed by atoms with Crippen molar-refractivity contribution in [2.24, 2.45) is 0 Å². The number of Topliss-reactive ketones (excluding diaryl/α,β-unsaturated/α-hetero) is 1. The lowest BCUT2D eigenvalue weighted by Gasteiger charge is -2.08. The van der Waals surface area contributed by atoms with Gasteiger partial charge < -0.3 is 5.32 Å². The van der Waals surface area contributed by atoms with Crippen molar-refractivity contribution < 1.29 is 18.0 Å². The maximum Gasteiger partial charge on any atom is 0.240 e. The van der Waals surface area contributed by atoms with E-state index >= 15 is 0 Å². The van der Waals surface area contributed by atoms with Crippen molar-refractivity contribution in [3.05, 3.63) is 64.7 Å². The van der Waals surface area contributed by atoms with Gasteiger partial charge in [0.2, 0.25) is 15.9 Å². The predicted molar refractivity (Wildman–Crippen MR) is 99.6 cm³/mol. The zero-order valence-electron chi connectivity index (χ0n) is 14.2. The van der Waals surface area contributed by atoms with Crippen LogP contribution in [0.4, 0.5) is 0 Å². The molecule has 0 aromatic heterocycles. The zero-order valence-corrected chi connectivity index (χ0v) is 15.7. The van der Waals surface area contributed by atoms with E-state index in [1.807, 2.05) is 6.07 Å². The molecule has 0 bridgehead atoms. The number of hydrogen-bond donors (Lipinski definition) is 2. The number of ketones is 1. The fourth-order valence-corrected chi connectivity index (χ4v) is 3.43. The fourth-order valence-electron chi connectivity index (χ4n) is 2.19. The van der Waals surface area contributed by atoms with Crippen LogP contribution in [0.3, 0.4) is 0 Å². The summed E-state index contributed by atoms with van der Waals surface area (Å²) in [6, 6.07) is 12.7. The summed E-state index contributed by atoms with van der Waals surface area (Å²) in [7, 11) is -3.73. The minimum absolute atomic E-state index is 0.00528. The van der Waals surface area contributed by atoms with Gasteiger partial charge >= 0.3 is 0 Å². The summed E-state index contributed by atoms with van der Waals surface area (Å²) < 4.78 is 26.7. The van der Waals surface area contributed by atoms with Crippen LogP contribution in [-0.2, 0) is 21.4 Å². The Balaban J connectivity index is 1.82. The van der Waals surface area contributed by atoms with Gasteiger partial charge in [-0.3, -0.25) is 9.59 Å². The van der Waals surface area contributed by atoms with E-state index in [4.69, 9.17) is 11.6 Å². The minimum atomic E-state index is -3.73. The summed E-state index contributed by atoms with van der Waals surface area (Å²) in [6.07, 6.45) is 0.00528. The molecule has 6 nitrogen and oxygen atoms in total. The van der Waals surface area contributed by atoms with Crippen LogP contribution in [0.5, 0.6) is 0 Å². The Hall–Kier alpha value is -2.22. The van der Waals surface area contributed by atoms with Gasteiger partial charge in [-0.15, -0.1) is 0 Å². The highest BCUT2D eigenvalue weighted by Gasteiger charge is 2.14. The maximum absolute atomic E-state index is 12.2. The number of sulfonamides is 1. The maximum atomic E-state index is 12.2. The fraction of sp³-hybridized carbons (Fsp3) is 0.222. The Morgan fingerprint density at radius 2 is 1.77 bits per heavy atom. The quantitative estimate of drug-likeness (QED) is 0.673. The van der Waals surface area contributed by atoms with Crippen molar-refractivity contribution in [2.45, 2.75) is 24.8 Å². The third kappa shape index (κ3) is 5.94. The molecule has 138 valence electrons. The number of halogens is 1. The molecule has 0 aliphatic heterocycles. The summed E-state index contributed by atoms with van der Waals surface area (Å²) in [6.45, 7) is 1.70. The molecule has 8 heteroatoms. The lowest BCUT2D eigenvalue weighted by atomic mass is 10.2. The van der Waals surface area contributed by atoms with Gasteiger partial charge in [-0.2, -0.15) is 0 Å². The molecule has 0 aliphatic carbocycles. The van der Waals surface area contributed by atoms with Crippen molar-refractivity contribution >= 4 is 33.3 Å². The standard InChI is InChI=1S/C18H19ClN2O4S/c1-13(22)15-5-7-17(8-6-15)26(24,25)21-10-9-18(23)20-12-14-3-2-4-16(19)11-14/h2-8,11,21H,9-10,12H2,1H3,(H,20,23). The average molecular weight is 395 g/mol. The number of hydrogen-bond acceptors (Lipinski definition) is 4. The van der Waals surface area contributed by atoms with Gasteiger partial charge in [0.1, 0.15) is 0 Å². The van der Waals surface area contributed by atoms with Crippen LogP contribution in [0, 0.1) is 0 Å². The molecular formula is C18H19ClN2O4S. The monoisotopic (exact) mass is 394 g/mol. The topological polar surface area (TPSA) is 92.3 Å². The summed E-state index contributed by atoms with van der Waals surface area (Å²) in [5.41, 5.74) is 1.29. The van der Waals surface area contributed by atoms with E-state index in [2.05, 4.69) is 10.0 Å². The Kier molecular flexibility index (Phi) is 6.90. The molecule has 0 fully saturated rings. The van der Waals surface area contributed by atoms with Gasteiger partial charge in [-0.25, -0.2) is 13.1 Å². The second-order valence-electron chi connectivity index (χ2n) is 5.63. The molecule has 0 spiro atoms. The molecular weight excluding hydrogens is 376 g/mol. The first-order valence-electron chi connectivity index (χ1n) is 7.90. The zero-order chi connectivity index (χ0) is 19.2. The van der Waals surface area contributed by atoms with Crippen LogP contribution in [0.15, 0.2) is 53.4 Å². The van der Waals surface area contributed by atoms with Crippen molar-refractivity contribution in [1.82, 2.24) is 10.0 Å². The highest BCUT2D eigenvalue weighted by atomic mass is 35.5. The minimum Gasteiger partial charge on any atom is -0.352 e. The van der Waals surface area contributed by atoms with Crippen molar-refractivity contribution in [2.75, 3.05) is 6.54 Å². The number of amides is 1. The summed E-state index contributed by atoms with van der Waals surface area (Å²) in [5, 5.41) is 3.29. The van der Waals surface area contributed by atoms with Crippen molar-refractivity contribution in [3.8, 4) is 0 Å². The summed E-state index contributed by atoms with van der Waals surface area (Å²) in [4.78, 5) is 23.1. The molecule has 2 aromatic carbocycles. The smallest absolute Gasteiger partial charge is 0.240 e. The van der Waals surface area contributed by atoms with E-state index in [1.165, 1.54) is 31.2 Å². The summed E-state index contributed by atoms with van der Waals surface area (Å²) >= 11 is 5.87. The van der Waals surface area contributed by atoms with E-state index in [9.17, 15) is 18.0 Å². The highest BCUT2D eigenvalue weighted by molar-refractivity contribution is 7.89. The third-order valence-corrected chi connectivity index (χ3v) is 5.31. The van der Waals surface area contributed by atoms with Crippen LogP contribution in [-0.4, -0.2) is 26.7 Å². The molecule has 26 heavy (non-hydrogen) atoms. The van der Waals surface area contributed by atoms with Crippen molar-refractivity contribution in [1.29, 1.82) is 0 Å². The molecule has 0 saturated carbocycles. The van der Waals surface area contributed by atoms with Gasteiger partial charge in [-0.05, 0) is 36.8 Å². The largest absolute Gasteiger partial charge is 0.352 e. The summed E-state index contributed by atoms with van der Waals surface area (Å²) in [5.74, 6) is -0.419. The van der Waals surface area contributed by atoms with E-state index in [1.54, 1.807) is 18.2 Å². The van der Waals surface area contributed by atoms with Crippen LogP contribution < -0.4 is 10.0 Å². The van der Waals surface area contributed by atoms with Crippen LogP contribution >= 0.6 is 11.6 Å². The third-order valence-electron chi connectivity index (χ3n) is 3.59. The molecule has 0 aliphatic rings. The number of carbonyl (C=O) groups is 2. The molecule has 2 N–H and O–H groups in total. The van der Waals surface area contributed by atoms with Crippen molar-refractivity contribution in [3.63, 3.8) is 0 Å². The van der Waals surface area contributed by atoms with E-state index < -0.39 is 10.0 Å². The molecule has 2 aromatic rings. The molecule has 1 amide bonds. The van der Waals surface area contributed by atoms with E-state index in [-0.39, 0.29) is 29.6 Å². The van der Waals surface area contributed by atoms with Gasteiger partial charge in [0.25, 0.3) is 0 Å². The Bertz CT molecular complexity index is 896. The first-order chi connectivity index (χ1) is 12.3. The van der Waals surface area contributed by atoms with Crippen LogP contribution in [0.25, 0.3) is 0 Å². The highest BCUT2D eigenvalue weighted by Crippen LogP contribution is 2.11. The van der Waals surface area contributed by atoms with Gasteiger partial charge in [0.05, 0.1) is 4.90 Å².